The van der Waals surface area contributed by atoms with Gasteiger partial charge in [-0.2, -0.15) is 0 Å². The number of nitrogens with two attached hydrogens (primary N) is 4. The summed E-state index contributed by atoms with van der Waals surface area (Å²) >= 11 is 0. The molecule has 6 heteroatoms. The lowest BCUT2D eigenvalue weighted by atomic mass is 10.0. The van der Waals surface area contributed by atoms with E-state index >= 15 is 0 Å². The van der Waals surface area contributed by atoms with Crippen molar-refractivity contribution in [3.05, 3.63) is 35.4 Å². The topological polar surface area (TPSA) is 138 Å². The number of primary amides is 2. The Morgan fingerprint density at radius 3 is 1.48 bits per heavy atom. The minimum Gasteiger partial charge on any atom is -0.366 e. The zero-order valence-electron chi connectivity index (χ0n) is 17.0. The average Bonchev–Trinajstić information content (AvgIpc) is 2.67. The molecule has 1 aromatic rings. The van der Waals surface area contributed by atoms with Gasteiger partial charge >= 0.3 is 0 Å². The summed E-state index contributed by atoms with van der Waals surface area (Å²) in [5.74, 6) is -1.14. The third-order valence-electron chi connectivity index (χ3n) is 4.63. The van der Waals surface area contributed by atoms with Crippen molar-refractivity contribution in [1.82, 2.24) is 0 Å². The van der Waals surface area contributed by atoms with E-state index in [0.717, 1.165) is 12.8 Å². The fourth-order valence-corrected chi connectivity index (χ4v) is 2.58. The van der Waals surface area contributed by atoms with Crippen LogP contribution in [0.15, 0.2) is 24.3 Å². The highest BCUT2D eigenvalue weighted by Crippen LogP contribution is 2.10. The average molecular weight is 379 g/mol. The Morgan fingerprint density at radius 2 is 1.15 bits per heavy atom. The van der Waals surface area contributed by atoms with Crippen LogP contribution in [-0.4, -0.2) is 23.9 Å². The van der Waals surface area contributed by atoms with Gasteiger partial charge in [-0.3, -0.25) is 9.59 Å². The van der Waals surface area contributed by atoms with Crippen LogP contribution in [0.1, 0.15) is 92.4 Å². The fraction of sp³-hybridized carbons (Fsp3) is 0.619. The summed E-state index contributed by atoms with van der Waals surface area (Å²) in [6, 6.07) is 6.83. The highest BCUT2D eigenvalue weighted by Gasteiger charge is 2.04. The zero-order valence-corrected chi connectivity index (χ0v) is 17.0. The molecule has 8 N–H and O–H groups in total. The molecule has 27 heavy (non-hydrogen) atoms. The van der Waals surface area contributed by atoms with Gasteiger partial charge in [-0.25, -0.2) is 0 Å². The van der Waals surface area contributed by atoms with Gasteiger partial charge in [0.1, 0.15) is 0 Å². The molecule has 0 fully saturated rings. The Labute approximate surface area is 164 Å². The van der Waals surface area contributed by atoms with Crippen LogP contribution < -0.4 is 22.9 Å². The minimum atomic E-state index is -0.571. The number of hydrogen-bond acceptors (Lipinski definition) is 4. The molecule has 6 nitrogen and oxygen atoms in total. The van der Waals surface area contributed by atoms with Crippen molar-refractivity contribution < 1.29 is 9.59 Å². The van der Waals surface area contributed by atoms with Gasteiger partial charge in [0.05, 0.1) is 0 Å². The van der Waals surface area contributed by atoms with Crippen LogP contribution in [-0.2, 0) is 0 Å². The van der Waals surface area contributed by atoms with Crippen molar-refractivity contribution in [2.75, 3.05) is 0 Å². The highest BCUT2D eigenvalue weighted by molar-refractivity contribution is 5.98. The van der Waals surface area contributed by atoms with Crippen molar-refractivity contribution in [1.29, 1.82) is 0 Å². The molecule has 154 valence electrons. The molecule has 0 aliphatic carbocycles. The molecule has 2 unspecified atom stereocenters. The van der Waals surface area contributed by atoms with E-state index < -0.39 is 11.8 Å². The first-order chi connectivity index (χ1) is 12.8. The van der Waals surface area contributed by atoms with E-state index in [0.29, 0.717) is 12.1 Å². The molecule has 1 aromatic carbocycles. The second-order valence-corrected chi connectivity index (χ2v) is 6.99. The summed E-state index contributed by atoms with van der Waals surface area (Å²) < 4.78 is 0. The highest BCUT2D eigenvalue weighted by atomic mass is 16.1. The second kappa shape index (κ2) is 15.2. The Hall–Kier alpha value is -1.92. The standard InChI is InChI=1S/C13H30N2.C8H8N2O2/c1-3-12(14)10-8-6-5-7-9-11-13(15)4-2;9-7(11)5-2-1-3-6(4-5)8(10)12/h12-13H,3-11,14-15H2,1-2H3;1-4H,(H2,9,11)(H2,10,12). The summed E-state index contributed by atoms with van der Waals surface area (Å²) in [4.78, 5) is 21.3. The lowest BCUT2D eigenvalue weighted by Crippen LogP contribution is -2.18. The van der Waals surface area contributed by atoms with Gasteiger partial charge in [-0.05, 0) is 43.9 Å². The van der Waals surface area contributed by atoms with E-state index in [1.807, 2.05) is 0 Å². The van der Waals surface area contributed by atoms with E-state index in [4.69, 9.17) is 22.9 Å². The monoisotopic (exact) mass is 378 g/mol. The molecule has 0 spiro atoms. The first-order valence-electron chi connectivity index (χ1n) is 10.0. The first-order valence-corrected chi connectivity index (χ1v) is 10.0. The summed E-state index contributed by atoms with van der Waals surface area (Å²) in [6.07, 6.45) is 11.3. The molecule has 0 saturated heterocycles. The van der Waals surface area contributed by atoms with E-state index in [-0.39, 0.29) is 11.1 Å². The zero-order chi connectivity index (χ0) is 20.7. The molecule has 1 rings (SSSR count). The molecule has 0 aliphatic heterocycles. The van der Waals surface area contributed by atoms with Crippen LogP contribution in [0.2, 0.25) is 0 Å². The maximum absolute atomic E-state index is 10.6. The third kappa shape index (κ3) is 13.0. The first kappa shape index (κ1) is 25.1. The van der Waals surface area contributed by atoms with E-state index in [2.05, 4.69) is 13.8 Å². The van der Waals surface area contributed by atoms with Gasteiger partial charge in [0.15, 0.2) is 0 Å². The van der Waals surface area contributed by atoms with Crippen LogP contribution in [0.25, 0.3) is 0 Å². The normalized spacial score (nSPS) is 12.6. The van der Waals surface area contributed by atoms with E-state index in [1.165, 1.54) is 63.1 Å². The summed E-state index contributed by atoms with van der Waals surface area (Å²) in [6.45, 7) is 4.33. The predicted molar refractivity (Wildman–Crippen MR) is 112 cm³/mol. The number of carbonyl (C=O) groups excluding carboxylic acids is 2. The molecule has 0 aliphatic rings. The number of benzene rings is 1. The van der Waals surface area contributed by atoms with Crippen LogP contribution in [0, 0.1) is 0 Å². The van der Waals surface area contributed by atoms with Crippen molar-refractivity contribution in [3.8, 4) is 0 Å². The smallest absolute Gasteiger partial charge is 0.248 e. The quantitative estimate of drug-likeness (QED) is 0.415. The lowest BCUT2D eigenvalue weighted by molar-refractivity contribution is 0.0999. The third-order valence-corrected chi connectivity index (χ3v) is 4.63. The Morgan fingerprint density at radius 1 is 0.778 bits per heavy atom. The van der Waals surface area contributed by atoms with Gasteiger partial charge in [0.2, 0.25) is 11.8 Å². The predicted octanol–water partition coefficient (Wildman–Crippen LogP) is 3.08. The molecule has 2 amide bonds. The number of carbonyl (C=O) groups is 2. The van der Waals surface area contributed by atoms with Crippen molar-refractivity contribution >= 4 is 11.8 Å². The van der Waals surface area contributed by atoms with Gasteiger partial charge in [-0.15, -0.1) is 0 Å². The second-order valence-electron chi connectivity index (χ2n) is 6.99. The van der Waals surface area contributed by atoms with Crippen molar-refractivity contribution in [2.24, 2.45) is 22.9 Å². The van der Waals surface area contributed by atoms with Crippen molar-refractivity contribution in [2.45, 2.75) is 83.7 Å². The van der Waals surface area contributed by atoms with Crippen LogP contribution >= 0.6 is 0 Å². The summed E-state index contributed by atoms with van der Waals surface area (Å²) in [7, 11) is 0. The van der Waals surface area contributed by atoms with Crippen molar-refractivity contribution in [3.63, 3.8) is 0 Å². The molecule has 0 saturated carbocycles. The maximum atomic E-state index is 10.6. The summed E-state index contributed by atoms with van der Waals surface area (Å²) in [5, 5.41) is 0. The molecular formula is C21H38N4O2. The minimum absolute atomic E-state index is 0.284. The molecule has 0 bridgehead atoms. The SMILES string of the molecule is CCC(N)CCCCCCCC(N)CC.NC(=O)c1cccc(C(N)=O)c1. The Kier molecular flexibility index (Phi) is 14.1. The Bertz CT molecular complexity index is 505. The number of rotatable bonds is 12. The molecule has 0 heterocycles. The molecular weight excluding hydrogens is 340 g/mol. The van der Waals surface area contributed by atoms with Crippen LogP contribution in [0.5, 0.6) is 0 Å². The number of amides is 2. The largest absolute Gasteiger partial charge is 0.366 e. The Balaban J connectivity index is 0.000000511. The lowest BCUT2D eigenvalue weighted by Gasteiger charge is -2.09. The van der Waals surface area contributed by atoms with E-state index in [9.17, 15) is 9.59 Å². The van der Waals surface area contributed by atoms with Crippen LogP contribution in [0.3, 0.4) is 0 Å². The molecule has 2 atom stereocenters. The van der Waals surface area contributed by atoms with Gasteiger partial charge in [-0.1, -0.05) is 52.0 Å². The fourth-order valence-electron chi connectivity index (χ4n) is 2.58. The number of unbranched alkanes of at least 4 members (excludes halogenated alkanes) is 4. The molecule has 0 aromatic heterocycles. The molecule has 0 radical (unpaired) electrons. The van der Waals surface area contributed by atoms with Gasteiger partial charge in [0.25, 0.3) is 0 Å². The van der Waals surface area contributed by atoms with Gasteiger partial charge < -0.3 is 22.9 Å². The summed E-state index contributed by atoms with van der Waals surface area (Å²) in [5.41, 5.74) is 22.3. The maximum Gasteiger partial charge on any atom is 0.248 e. The van der Waals surface area contributed by atoms with Crippen LogP contribution in [0.4, 0.5) is 0 Å². The van der Waals surface area contributed by atoms with E-state index in [1.54, 1.807) is 6.07 Å². The number of hydrogen-bond donors (Lipinski definition) is 4. The van der Waals surface area contributed by atoms with Gasteiger partial charge in [0, 0.05) is 23.2 Å².